The van der Waals surface area contributed by atoms with Crippen LogP contribution in [0.1, 0.15) is 29.2 Å². The number of nitrogens with one attached hydrogen (secondary N) is 1. The van der Waals surface area contributed by atoms with Gasteiger partial charge >= 0.3 is 6.03 Å². The van der Waals surface area contributed by atoms with Gasteiger partial charge in [0.2, 0.25) is 0 Å². The molecule has 0 saturated carbocycles. The summed E-state index contributed by atoms with van der Waals surface area (Å²) in [7, 11) is 4.81. The zero-order chi connectivity index (χ0) is 24.2. The van der Waals surface area contributed by atoms with Crippen molar-refractivity contribution in [3.05, 3.63) is 82.9 Å². The van der Waals surface area contributed by atoms with Crippen LogP contribution in [0.25, 0.3) is 11.1 Å². The molecule has 1 heterocycles. The molecule has 0 spiro atoms. The molecule has 34 heavy (non-hydrogen) atoms. The number of urea groups is 1. The number of amides is 2. The highest BCUT2D eigenvalue weighted by Gasteiger charge is 2.28. The molecule has 1 aliphatic heterocycles. The highest BCUT2D eigenvalue weighted by Crippen LogP contribution is 2.35. The third kappa shape index (κ3) is 4.30. The third-order valence-electron chi connectivity index (χ3n) is 5.93. The van der Waals surface area contributed by atoms with Gasteiger partial charge in [-0.05, 0) is 54.3 Å². The molecule has 0 aliphatic carbocycles. The van der Waals surface area contributed by atoms with E-state index in [4.69, 9.17) is 19.8 Å². The zero-order valence-corrected chi connectivity index (χ0v) is 19.6. The molecule has 0 fully saturated rings. The number of methoxy groups -OCH3 is 2. The molecule has 7 nitrogen and oxygen atoms in total. The van der Waals surface area contributed by atoms with Crippen LogP contribution in [0.15, 0.2) is 65.8 Å². The maximum Gasteiger partial charge on any atom is 0.337 e. The Labute approximate surface area is 199 Å². The molecular weight excluding hydrogens is 428 g/mol. The first-order valence-corrected chi connectivity index (χ1v) is 10.9. The molecule has 2 amide bonds. The van der Waals surface area contributed by atoms with Gasteiger partial charge in [-0.2, -0.15) is 10.4 Å². The van der Waals surface area contributed by atoms with E-state index in [2.05, 4.69) is 11.4 Å². The van der Waals surface area contributed by atoms with E-state index < -0.39 is 0 Å². The Hall–Kier alpha value is -4.31. The van der Waals surface area contributed by atoms with E-state index >= 15 is 0 Å². The molecule has 1 atom stereocenters. The van der Waals surface area contributed by atoms with Crippen molar-refractivity contribution in [1.82, 2.24) is 10.3 Å². The molecule has 1 aliphatic rings. The number of nitriles is 1. The Morgan fingerprint density at radius 3 is 2.12 bits per heavy atom. The minimum Gasteiger partial charge on any atom is -0.493 e. The zero-order valence-electron chi connectivity index (χ0n) is 19.6. The highest BCUT2D eigenvalue weighted by molar-refractivity contribution is 6.14. The van der Waals surface area contributed by atoms with Crippen LogP contribution in [0.3, 0.4) is 0 Å². The lowest BCUT2D eigenvalue weighted by Gasteiger charge is -2.22. The van der Waals surface area contributed by atoms with E-state index in [0.29, 0.717) is 29.2 Å². The highest BCUT2D eigenvalue weighted by atomic mass is 16.5. The maximum atomic E-state index is 12.6. The third-order valence-corrected chi connectivity index (χ3v) is 5.93. The molecule has 3 aromatic carbocycles. The van der Waals surface area contributed by atoms with Crippen molar-refractivity contribution < 1.29 is 14.3 Å². The predicted octanol–water partition coefficient (Wildman–Crippen LogP) is 4.58. The lowest BCUT2D eigenvalue weighted by molar-refractivity contribution is 0.184. The van der Waals surface area contributed by atoms with Gasteiger partial charge in [0.1, 0.15) is 0 Å². The Kier molecular flexibility index (Phi) is 6.51. The average molecular weight is 455 g/mol. The van der Waals surface area contributed by atoms with Crippen molar-refractivity contribution in [3.8, 4) is 28.7 Å². The molecule has 1 unspecified atom stereocenters. The van der Waals surface area contributed by atoms with Gasteiger partial charge in [-0.15, -0.1) is 0 Å². The van der Waals surface area contributed by atoms with Crippen molar-refractivity contribution in [3.63, 3.8) is 0 Å². The van der Waals surface area contributed by atoms with E-state index in [1.54, 1.807) is 33.4 Å². The van der Waals surface area contributed by atoms with Gasteiger partial charge in [0.05, 0.1) is 37.6 Å². The fourth-order valence-electron chi connectivity index (χ4n) is 4.11. The lowest BCUT2D eigenvalue weighted by atomic mass is 9.93. The van der Waals surface area contributed by atoms with E-state index in [9.17, 15) is 4.79 Å². The summed E-state index contributed by atoms with van der Waals surface area (Å²) in [6.45, 7) is 1.97. The van der Waals surface area contributed by atoms with E-state index in [1.807, 2.05) is 55.5 Å². The number of hydrazone groups is 1. The smallest absolute Gasteiger partial charge is 0.337 e. The summed E-state index contributed by atoms with van der Waals surface area (Å²) < 4.78 is 11.1. The monoisotopic (exact) mass is 454 g/mol. The number of benzene rings is 3. The van der Waals surface area contributed by atoms with Crippen LogP contribution < -0.4 is 14.8 Å². The van der Waals surface area contributed by atoms with Gasteiger partial charge in [0.25, 0.3) is 0 Å². The Bertz CT molecular complexity index is 1270. The largest absolute Gasteiger partial charge is 0.493 e. The summed E-state index contributed by atoms with van der Waals surface area (Å²) >= 11 is 0. The van der Waals surface area contributed by atoms with Crippen LogP contribution in [-0.4, -0.2) is 44.1 Å². The SMILES string of the molecule is CNC(=O)N1N=C(c2ccc(-c3ccc(C#N)cc3)cc2)c2cc(OC)c(OC)cc2CC1C. The molecule has 4 rings (SSSR count). The van der Waals surface area contributed by atoms with E-state index in [1.165, 1.54) is 5.01 Å². The average Bonchev–Trinajstić information content (AvgIpc) is 3.03. The number of carbonyl (C=O) groups excluding carboxylic acids is 1. The number of fused-ring (bicyclic) bond motifs is 1. The van der Waals surface area contributed by atoms with Crippen LogP contribution in [0.2, 0.25) is 0 Å². The molecule has 1 N–H and O–H groups in total. The van der Waals surface area contributed by atoms with E-state index in [0.717, 1.165) is 27.8 Å². The topological polar surface area (TPSA) is 87.0 Å². The number of hydrogen-bond donors (Lipinski definition) is 1. The van der Waals surface area contributed by atoms with E-state index in [-0.39, 0.29) is 12.1 Å². The summed E-state index contributed by atoms with van der Waals surface area (Å²) in [5, 5.41) is 18.0. The Morgan fingerprint density at radius 2 is 1.56 bits per heavy atom. The molecule has 0 saturated heterocycles. The number of rotatable bonds is 4. The van der Waals surface area contributed by atoms with Crippen LogP contribution in [0, 0.1) is 11.3 Å². The summed E-state index contributed by atoms with van der Waals surface area (Å²) in [6, 6.07) is 21.1. The minimum absolute atomic E-state index is 0.160. The first kappa shape index (κ1) is 22.9. The molecule has 0 aromatic heterocycles. The first-order valence-electron chi connectivity index (χ1n) is 10.9. The van der Waals surface area contributed by atoms with Gasteiger partial charge in [-0.25, -0.2) is 9.80 Å². The molecule has 7 heteroatoms. The van der Waals surface area contributed by atoms with Crippen LogP contribution in [-0.2, 0) is 6.42 Å². The second kappa shape index (κ2) is 9.67. The second-order valence-electron chi connectivity index (χ2n) is 8.03. The molecule has 0 bridgehead atoms. The van der Waals surface area contributed by atoms with Gasteiger partial charge < -0.3 is 14.8 Å². The van der Waals surface area contributed by atoms with Crippen molar-refractivity contribution in [1.29, 1.82) is 5.26 Å². The number of ether oxygens (including phenoxy) is 2. The summed E-state index contributed by atoms with van der Waals surface area (Å²) in [6.07, 6.45) is 0.611. The molecule has 0 radical (unpaired) electrons. The molecule has 3 aromatic rings. The summed E-state index contributed by atoms with van der Waals surface area (Å²) in [4.78, 5) is 12.6. The van der Waals surface area contributed by atoms with Crippen LogP contribution >= 0.6 is 0 Å². The standard InChI is InChI=1S/C27H26N4O3/c1-17-13-22-14-24(33-3)25(34-4)15-23(22)26(30-31(17)27(32)29-2)21-11-9-20(10-12-21)19-7-5-18(16-28)6-8-19/h5-12,14-15,17H,13H2,1-4H3,(H,29,32). The summed E-state index contributed by atoms with van der Waals surface area (Å²) in [5.41, 5.74) is 6.11. The van der Waals surface area contributed by atoms with Crippen molar-refractivity contribution in [2.75, 3.05) is 21.3 Å². The predicted molar refractivity (Wildman–Crippen MR) is 131 cm³/mol. The quantitative estimate of drug-likeness (QED) is 0.625. The van der Waals surface area contributed by atoms with Crippen LogP contribution in [0.5, 0.6) is 11.5 Å². The van der Waals surface area contributed by atoms with Crippen LogP contribution in [0.4, 0.5) is 4.79 Å². The van der Waals surface area contributed by atoms with Crippen molar-refractivity contribution in [2.45, 2.75) is 19.4 Å². The van der Waals surface area contributed by atoms with Gasteiger partial charge in [0.15, 0.2) is 11.5 Å². The Balaban J connectivity index is 1.83. The normalized spacial score (nSPS) is 14.9. The fourth-order valence-corrected chi connectivity index (χ4v) is 4.11. The van der Waals surface area contributed by atoms with Crippen molar-refractivity contribution >= 4 is 11.7 Å². The minimum atomic E-state index is -0.272. The maximum absolute atomic E-state index is 12.6. The number of hydrogen-bond acceptors (Lipinski definition) is 5. The lowest BCUT2D eigenvalue weighted by Crippen LogP contribution is -2.41. The first-order chi connectivity index (χ1) is 16.5. The Morgan fingerprint density at radius 1 is 1.00 bits per heavy atom. The number of carbonyl (C=O) groups is 1. The fraction of sp³-hybridized carbons (Fsp3) is 0.222. The summed E-state index contributed by atoms with van der Waals surface area (Å²) in [5.74, 6) is 1.24. The van der Waals surface area contributed by atoms with Gasteiger partial charge in [-0.1, -0.05) is 36.4 Å². The molecular formula is C27H26N4O3. The molecule has 172 valence electrons. The van der Waals surface area contributed by atoms with Gasteiger partial charge in [0, 0.05) is 18.2 Å². The van der Waals surface area contributed by atoms with Gasteiger partial charge in [-0.3, -0.25) is 0 Å². The second-order valence-corrected chi connectivity index (χ2v) is 8.03. The number of nitrogens with zero attached hydrogens (tertiary/aromatic N) is 3. The van der Waals surface area contributed by atoms with Crippen molar-refractivity contribution in [2.24, 2.45) is 5.10 Å².